The number of rotatable bonds is 3. The third-order valence-electron chi connectivity index (χ3n) is 2.11. The molecule has 5 nitrogen and oxygen atoms in total. The standard InChI is InChI=1S/C9H12N2O3S/c1-2-3-6(10)8(12)11-5-15-4-7(11)9(13)14/h1,6-7H,3-5,10H2,(H,13,14). The Morgan fingerprint density at radius 2 is 2.40 bits per heavy atom. The average Bonchev–Trinajstić information content (AvgIpc) is 2.65. The number of thioether (sulfide) groups is 1. The van der Waals surface area contributed by atoms with Gasteiger partial charge in [0.05, 0.1) is 11.9 Å². The molecule has 0 aromatic carbocycles. The van der Waals surface area contributed by atoms with Crippen LogP contribution in [-0.4, -0.2) is 45.6 Å². The summed E-state index contributed by atoms with van der Waals surface area (Å²) in [5, 5.41) is 8.86. The minimum Gasteiger partial charge on any atom is -0.480 e. The maximum Gasteiger partial charge on any atom is 0.327 e. The van der Waals surface area contributed by atoms with Gasteiger partial charge in [0.25, 0.3) is 0 Å². The molecule has 2 atom stereocenters. The molecule has 0 spiro atoms. The first kappa shape index (κ1) is 11.9. The maximum atomic E-state index is 11.7. The highest BCUT2D eigenvalue weighted by atomic mass is 32.2. The van der Waals surface area contributed by atoms with Gasteiger partial charge >= 0.3 is 5.97 Å². The molecular weight excluding hydrogens is 216 g/mol. The molecule has 1 aliphatic rings. The molecule has 0 bridgehead atoms. The number of aliphatic carboxylic acids is 1. The molecule has 0 radical (unpaired) electrons. The van der Waals surface area contributed by atoms with Crippen molar-refractivity contribution >= 4 is 23.6 Å². The summed E-state index contributed by atoms with van der Waals surface area (Å²) in [4.78, 5) is 23.8. The molecule has 1 heterocycles. The normalized spacial score (nSPS) is 22.1. The molecule has 2 unspecified atom stereocenters. The predicted molar refractivity (Wildman–Crippen MR) is 57.0 cm³/mol. The topological polar surface area (TPSA) is 83.6 Å². The monoisotopic (exact) mass is 228 g/mol. The molecule has 82 valence electrons. The van der Waals surface area contributed by atoms with Gasteiger partial charge in [0, 0.05) is 12.2 Å². The third kappa shape index (κ3) is 2.64. The van der Waals surface area contributed by atoms with Gasteiger partial charge in [-0.15, -0.1) is 24.1 Å². The van der Waals surface area contributed by atoms with Gasteiger partial charge in [-0.3, -0.25) is 4.79 Å². The zero-order valence-electron chi connectivity index (χ0n) is 8.05. The van der Waals surface area contributed by atoms with Crippen molar-refractivity contribution in [3.05, 3.63) is 0 Å². The highest BCUT2D eigenvalue weighted by Crippen LogP contribution is 2.21. The van der Waals surface area contributed by atoms with E-state index < -0.39 is 18.1 Å². The molecule has 0 saturated carbocycles. The molecule has 3 N–H and O–H groups in total. The quantitative estimate of drug-likeness (QED) is 0.625. The van der Waals surface area contributed by atoms with E-state index in [0.717, 1.165) is 0 Å². The molecule has 0 aromatic heterocycles. The Balaban J connectivity index is 2.67. The SMILES string of the molecule is C#CCC(N)C(=O)N1CSCC1C(=O)O. The second-order valence-corrected chi connectivity index (χ2v) is 4.18. The first-order valence-electron chi connectivity index (χ1n) is 4.38. The Labute approximate surface area is 92.0 Å². The number of nitrogens with two attached hydrogens (primary N) is 1. The fraction of sp³-hybridized carbons (Fsp3) is 0.556. The number of carboxylic acids is 1. The first-order valence-corrected chi connectivity index (χ1v) is 5.53. The Morgan fingerprint density at radius 1 is 1.73 bits per heavy atom. The van der Waals surface area contributed by atoms with Crippen molar-refractivity contribution in [1.29, 1.82) is 0 Å². The van der Waals surface area contributed by atoms with Crippen molar-refractivity contribution in [2.45, 2.75) is 18.5 Å². The number of carbonyl (C=O) groups is 2. The predicted octanol–water partition coefficient (Wildman–Crippen LogP) is -0.677. The summed E-state index contributed by atoms with van der Waals surface area (Å²) >= 11 is 1.40. The highest BCUT2D eigenvalue weighted by molar-refractivity contribution is 7.99. The van der Waals surface area contributed by atoms with Crippen LogP contribution in [0.2, 0.25) is 0 Å². The van der Waals surface area contributed by atoms with E-state index >= 15 is 0 Å². The molecule has 1 amide bonds. The molecule has 0 aromatic rings. The summed E-state index contributed by atoms with van der Waals surface area (Å²) in [7, 11) is 0. The number of hydrogen-bond donors (Lipinski definition) is 2. The summed E-state index contributed by atoms with van der Waals surface area (Å²) in [6, 6.07) is -1.57. The average molecular weight is 228 g/mol. The van der Waals surface area contributed by atoms with E-state index in [1.54, 1.807) is 0 Å². The van der Waals surface area contributed by atoms with Crippen LogP contribution in [0.25, 0.3) is 0 Å². The lowest BCUT2D eigenvalue weighted by molar-refractivity contribution is -0.148. The van der Waals surface area contributed by atoms with Crippen LogP contribution in [0.3, 0.4) is 0 Å². The molecule has 1 aliphatic heterocycles. The Kier molecular flexibility index (Phi) is 4.00. The number of carbonyl (C=O) groups excluding carboxylic acids is 1. The summed E-state index contributed by atoms with van der Waals surface area (Å²) in [5.41, 5.74) is 5.53. The summed E-state index contributed by atoms with van der Waals surface area (Å²) in [6.07, 6.45) is 5.17. The zero-order valence-corrected chi connectivity index (χ0v) is 8.87. The van der Waals surface area contributed by atoms with Crippen LogP contribution in [0.5, 0.6) is 0 Å². The van der Waals surface area contributed by atoms with Crippen molar-refractivity contribution in [1.82, 2.24) is 4.90 Å². The lowest BCUT2D eigenvalue weighted by Crippen LogP contribution is -2.49. The van der Waals surface area contributed by atoms with Crippen molar-refractivity contribution < 1.29 is 14.7 Å². The smallest absolute Gasteiger partial charge is 0.327 e. The molecule has 1 rings (SSSR count). The van der Waals surface area contributed by atoms with Crippen molar-refractivity contribution in [2.75, 3.05) is 11.6 Å². The maximum absolute atomic E-state index is 11.7. The minimum atomic E-state index is -0.999. The van der Waals surface area contributed by atoms with Crippen LogP contribution >= 0.6 is 11.8 Å². The van der Waals surface area contributed by atoms with Crippen LogP contribution in [0, 0.1) is 12.3 Å². The van der Waals surface area contributed by atoms with Gasteiger partial charge < -0.3 is 15.7 Å². The Bertz CT molecular complexity index is 313. The molecule has 0 aliphatic carbocycles. The van der Waals surface area contributed by atoms with Gasteiger partial charge in [-0.05, 0) is 0 Å². The van der Waals surface area contributed by atoms with Crippen LogP contribution in [-0.2, 0) is 9.59 Å². The number of nitrogens with zero attached hydrogens (tertiary/aromatic N) is 1. The van der Waals surface area contributed by atoms with E-state index in [0.29, 0.717) is 11.6 Å². The summed E-state index contributed by atoms with van der Waals surface area (Å²) in [6.45, 7) is 0. The van der Waals surface area contributed by atoms with E-state index in [-0.39, 0.29) is 12.3 Å². The number of hydrogen-bond acceptors (Lipinski definition) is 4. The molecular formula is C9H12N2O3S. The second kappa shape index (κ2) is 5.05. The Hall–Kier alpha value is -1.19. The fourth-order valence-electron chi connectivity index (χ4n) is 1.29. The molecule has 6 heteroatoms. The van der Waals surface area contributed by atoms with E-state index in [2.05, 4.69) is 5.92 Å². The van der Waals surface area contributed by atoms with Gasteiger partial charge in [0.15, 0.2) is 0 Å². The lowest BCUT2D eigenvalue weighted by atomic mass is 10.2. The van der Waals surface area contributed by atoms with Gasteiger partial charge in [-0.25, -0.2) is 4.79 Å². The van der Waals surface area contributed by atoms with Crippen molar-refractivity contribution in [3.8, 4) is 12.3 Å². The highest BCUT2D eigenvalue weighted by Gasteiger charge is 2.36. The lowest BCUT2D eigenvalue weighted by Gasteiger charge is -2.22. The van der Waals surface area contributed by atoms with Gasteiger partial charge in [-0.2, -0.15) is 0 Å². The van der Waals surface area contributed by atoms with Crippen molar-refractivity contribution in [2.24, 2.45) is 5.73 Å². The third-order valence-corrected chi connectivity index (χ3v) is 3.12. The van der Waals surface area contributed by atoms with Gasteiger partial charge in [0.1, 0.15) is 6.04 Å². The number of terminal acetylenes is 1. The van der Waals surface area contributed by atoms with Gasteiger partial charge in [-0.1, -0.05) is 0 Å². The van der Waals surface area contributed by atoms with E-state index in [4.69, 9.17) is 17.3 Å². The molecule has 1 saturated heterocycles. The van der Waals surface area contributed by atoms with Crippen LogP contribution in [0.4, 0.5) is 0 Å². The van der Waals surface area contributed by atoms with Crippen molar-refractivity contribution in [3.63, 3.8) is 0 Å². The number of amides is 1. The second-order valence-electron chi connectivity index (χ2n) is 3.18. The molecule has 15 heavy (non-hydrogen) atoms. The first-order chi connectivity index (χ1) is 7.07. The zero-order chi connectivity index (χ0) is 11.4. The fourth-order valence-corrected chi connectivity index (χ4v) is 2.45. The van der Waals surface area contributed by atoms with E-state index in [1.807, 2.05) is 0 Å². The van der Waals surface area contributed by atoms with Crippen LogP contribution in [0.1, 0.15) is 6.42 Å². The van der Waals surface area contributed by atoms with E-state index in [9.17, 15) is 9.59 Å². The van der Waals surface area contributed by atoms with E-state index in [1.165, 1.54) is 16.7 Å². The molecule has 1 fully saturated rings. The summed E-state index contributed by atoms with van der Waals surface area (Å²) in [5.74, 6) is 1.68. The summed E-state index contributed by atoms with van der Waals surface area (Å²) < 4.78 is 0. The largest absolute Gasteiger partial charge is 0.480 e. The minimum absolute atomic E-state index is 0.131. The van der Waals surface area contributed by atoms with Gasteiger partial charge in [0.2, 0.25) is 5.91 Å². The van der Waals surface area contributed by atoms with Crippen LogP contribution < -0.4 is 5.73 Å². The number of carboxylic acid groups (broad SMARTS) is 1. The Morgan fingerprint density at radius 3 is 2.93 bits per heavy atom. The van der Waals surface area contributed by atoms with Crippen LogP contribution in [0.15, 0.2) is 0 Å².